The molecule has 21 heteroatoms. The molecular formula is C116H225FN8O9S3. The van der Waals surface area contributed by atoms with Crippen LogP contribution in [0.25, 0.3) is 0 Å². The summed E-state index contributed by atoms with van der Waals surface area (Å²) in [5.41, 5.74) is 4.80. The van der Waals surface area contributed by atoms with Gasteiger partial charge in [0, 0.05) is 122 Å². The lowest BCUT2D eigenvalue weighted by molar-refractivity contribution is -0.124. The van der Waals surface area contributed by atoms with Crippen LogP contribution in [0, 0.1) is 94.6 Å². The van der Waals surface area contributed by atoms with Crippen LogP contribution in [0.3, 0.4) is 0 Å². The minimum Gasteiger partial charge on any atom is -0.356 e. The predicted molar refractivity (Wildman–Crippen MR) is 600 cm³/mol. The number of ketones is 1. The lowest BCUT2D eigenvalue weighted by atomic mass is 9.91. The van der Waals surface area contributed by atoms with Gasteiger partial charge in [0.1, 0.15) is 27.1 Å². The van der Waals surface area contributed by atoms with Crippen LogP contribution >= 0.6 is 11.3 Å². The molecular weight excluding hydrogens is 1760 g/mol. The molecule has 137 heavy (non-hydrogen) atoms. The van der Waals surface area contributed by atoms with Crippen molar-refractivity contribution in [3.8, 4) is 0 Å². The van der Waals surface area contributed by atoms with Crippen molar-refractivity contribution >= 4 is 67.3 Å². The highest BCUT2D eigenvalue weighted by Crippen LogP contribution is 2.28. The number of sulfone groups is 1. The van der Waals surface area contributed by atoms with Gasteiger partial charge in [-0.3, -0.25) is 38.0 Å². The SMILES string of the molecule is CC(C)CCC(=O)NC(C)C.CC(C)CCC(=O)NCC(C)C.CC(C)CCCCC(=O)CC(C)c1ccc(C(C)C)cc1F.CC(C)CCCNC(=O)C(C)C.CC(C)CCCNC(=O)CC(C)C.CC(C)CCCNC(=O)c1csc(C(C)C)n1.CC(C)CCCNC(C)C.CC(C)CCCc1ccc(C(C)C)cn1.CC(C)CCS(=O)(=O)CCC(C)C.CC(C)CCS(=O)CCC(C)C. The third-order valence-electron chi connectivity index (χ3n) is 21.5. The molecule has 0 radical (unpaired) electrons. The Morgan fingerprint density at radius 2 is 0.810 bits per heavy atom. The molecule has 0 saturated carbocycles. The lowest BCUT2D eigenvalue weighted by Crippen LogP contribution is -2.29. The molecule has 1 atom stereocenters. The molecule has 0 fully saturated rings. The smallest absolute Gasteiger partial charge is 0.270 e. The van der Waals surface area contributed by atoms with Crippen molar-refractivity contribution in [3.05, 3.63) is 80.8 Å². The molecule has 0 bridgehead atoms. The van der Waals surface area contributed by atoms with Gasteiger partial charge in [0.2, 0.25) is 23.6 Å². The summed E-state index contributed by atoms with van der Waals surface area (Å²) in [5, 5.41) is 20.8. The van der Waals surface area contributed by atoms with E-state index < -0.39 is 20.6 Å². The van der Waals surface area contributed by atoms with Crippen molar-refractivity contribution in [3.63, 3.8) is 0 Å². The van der Waals surface area contributed by atoms with Gasteiger partial charge in [-0.15, -0.1) is 11.3 Å². The lowest BCUT2D eigenvalue weighted by Gasteiger charge is -2.14. The van der Waals surface area contributed by atoms with Crippen LogP contribution in [0.15, 0.2) is 41.9 Å². The number of carbonyl (C=O) groups excluding carboxylic acids is 6. The third kappa shape index (κ3) is 110. The summed E-state index contributed by atoms with van der Waals surface area (Å²) in [5.74, 6) is 13.7. The molecule has 0 spiro atoms. The molecule has 1 unspecified atom stereocenters. The first-order valence-corrected chi connectivity index (χ1v) is 58.6. The number of amides is 5. The maximum Gasteiger partial charge on any atom is 0.270 e. The summed E-state index contributed by atoms with van der Waals surface area (Å²) < 4.78 is 48.4. The summed E-state index contributed by atoms with van der Waals surface area (Å²) in [4.78, 5) is 77.1. The standard InChI is InChI=1S/C20H31FO.C14H23N.C13H22N2OS.C11H23NO.2C10H21NO.C10H22O2S.C10H22OS.C9H19NO.C9H21N/c1-14(2)8-6-7-9-18(22)12-16(5)19-11-10-17(15(3)4)13-20(19)21;1-11(2)6-5-7-14-9-8-13(10-15-14)12(3)4;1-9(2)6-5-7-14-12(16)11-8-17-13(15-11)10(3)4;1-9(2)6-5-7-12-11(13)8-10(3)4;1-8(2)5-6-10(12)11-7-9(3)4;1-8(2)6-5-7-11-10(12)9(3)4;1-9(2)5-7-13(11,12)8-6-10(3)4;1-9(2)5-7-12(11)8-6-10(3)4;1-7(2)5-6-9(11)10-8(3)4;1-8(2)6-5-7-10-9(3)4/h10-11,13-16H,6-9,12H2,1-5H3;8-12H,5-7H2,1-4H3;8-10H,5-7H2,1-4H3,(H,14,16);9-10H,5-8H2,1-4H3,(H,12,13);2*8-9H,5-7H2,1-4H3,(H,11,12);9-10H,5-8H2,1-4H3;9-10H,5-8H2,1-4H3;7-8H,5-6H2,1-4H3,(H,10,11);8-10H,5-7H2,1-4H3. The van der Waals surface area contributed by atoms with Crippen molar-refractivity contribution in [2.24, 2.45) is 88.8 Å². The maximum atomic E-state index is 14.2. The van der Waals surface area contributed by atoms with Crippen LogP contribution in [0.1, 0.15) is 500 Å². The van der Waals surface area contributed by atoms with Gasteiger partial charge in [0.25, 0.3) is 5.91 Å². The van der Waals surface area contributed by atoms with Crippen LogP contribution in [0.2, 0.25) is 0 Å². The Kier molecular flexibility index (Phi) is 96.3. The van der Waals surface area contributed by atoms with E-state index >= 15 is 0 Å². The summed E-state index contributed by atoms with van der Waals surface area (Å²) in [7, 11) is -3.33. The van der Waals surface area contributed by atoms with Gasteiger partial charge < -0.3 is 31.9 Å². The number of rotatable bonds is 57. The predicted octanol–water partition coefficient (Wildman–Crippen LogP) is 30.5. The number of halogens is 1. The van der Waals surface area contributed by atoms with Gasteiger partial charge in [0.15, 0.2) is 0 Å². The molecule has 0 aliphatic carbocycles. The summed E-state index contributed by atoms with van der Waals surface area (Å²) in [6.45, 7) is 91.7. The van der Waals surface area contributed by atoms with E-state index in [1.165, 1.54) is 62.7 Å². The average Bonchev–Trinajstić information content (AvgIpc) is 1.74. The van der Waals surface area contributed by atoms with E-state index in [0.29, 0.717) is 138 Å². The van der Waals surface area contributed by atoms with E-state index in [1.54, 1.807) is 17.4 Å². The molecule has 0 aliphatic rings. The number of carbonyl (C=O) groups is 6. The Bertz CT molecular complexity index is 3400. The number of nitrogens with one attached hydrogen (secondary N) is 6. The van der Waals surface area contributed by atoms with E-state index in [2.05, 4.69) is 303 Å². The molecule has 0 aliphatic heterocycles. The molecule has 2 aromatic heterocycles. The van der Waals surface area contributed by atoms with Crippen molar-refractivity contribution in [1.82, 2.24) is 41.9 Å². The number of unbranched alkanes of at least 4 members (excludes halogenated alkanes) is 1. The van der Waals surface area contributed by atoms with E-state index in [0.717, 1.165) is 155 Å². The van der Waals surface area contributed by atoms with Crippen LogP contribution in [0.5, 0.6) is 0 Å². The van der Waals surface area contributed by atoms with Crippen LogP contribution in [-0.4, -0.2) is 126 Å². The number of hydrogen-bond donors (Lipinski definition) is 6. The Hall–Kier alpha value is -4.99. The zero-order valence-corrected chi connectivity index (χ0v) is 99.3. The second kappa shape index (κ2) is 91.0. The molecule has 6 N–H and O–H groups in total. The van der Waals surface area contributed by atoms with Gasteiger partial charge in [0.05, 0.1) is 16.5 Å². The largest absolute Gasteiger partial charge is 0.356 e. The Balaban J connectivity index is -0.000000277. The van der Waals surface area contributed by atoms with Crippen molar-refractivity contribution in [2.75, 3.05) is 55.7 Å². The van der Waals surface area contributed by atoms with E-state index in [9.17, 15) is 45.8 Å². The quantitative estimate of drug-likeness (QED) is 0.0289. The van der Waals surface area contributed by atoms with Gasteiger partial charge in [-0.05, 0) is 259 Å². The number of benzene rings is 1. The van der Waals surface area contributed by atoms with E-state index in [-0.39, 0.29) is 59.0 Å². The van der Waals surface area contributed by atoms with Crippen molar-refractivity contribution < 1.29 is 45.8 Å². The maximum absolute atomic E-state index is 14.2. The van der Waals surface area contributed by atoms with Crippen molar-refractivity contribution in [2.45, 2.75) is 480 Å². The number of Topliss-reactive ketones (excluding diaryl/α,β-unsaturated/α-hetero) is 1. The fourth-order valence-corrected chi connectivity index (χ4v) is 16.6. The topological polar surface area (TPSA) is 252 Å². The number of thiazole rings is 1. The van der Waals surface area contributed by atoms with Crippen molar-refractivity contribution in [1.29, 1.82) is 0 Å². The minimum absolute atomic E-state index is 0.0428. The number of aryl methyl sites for hydroxylation is 1. The summed E-state index contributed by atoms with van der Waals surface area (Å²) in [6, 6.07) is 10.7. The average molecular weight is 1990 g/mol. The molecule has 3 rings (SSSR count). The number of hydrogen-bond acceptors (Lipinski definition) is 13. The van der Waals surface area contributed by atoms with E-state index in [1.807, 2.05) is 58.3 Å². The zero-order chi connectivity index (χ0) is 107. The summed E-state index contributed by atoms with van der Waals surface area (Å²) in [6.07, 6.45) is 27.2. The van der Waals surface area contributed by atoms with Gasteiger partial charge in [-0.1, -0.05) is 307 Å². The first kappa shape index (κ1) is 145. The minimum atomic E-state index is -2.77. The first-order chi connectivity index (χ1) is 63.5. The molecule has 17 nitrogen and oxygen atoms in total. The molecule has 5 amide bonds. The molecule has 808 valence electrons. The van der Waals surface area contributed by atoms with Crippen LogP contribution in [-0.2, 0) is 51.0 Å². The molecule has 0 saturated heterocycles. The molecule has 1 aromatic carbocycles. The number of aromatic nitrogens is 2. The summed E-state index contributed by atoms with van der Waals surface area (Å²) >= 11 is 1.56. The normalized spacial score (nSPS) is 11.6. The van der Waals surface area contributed by atoms with Gasteiger partial charge in [-0.2, -0.15) is 0 Å². The Morgan fingerprint density at radius 1 is 0.394 bits per heavy atom. The number of pyridine rings is 1. The second-order valence-electron chi connectivity index (χ2n) is 45.9. The third-order valence-corrected chi connectivity index (χ3v) is 25.8. The molecule has 3 aromatic rings. The molecule has 2 heterocycles. The number of nitrogens with zero attached hydrogens (tertiary/aromatic N) is 2. The highest BCUT2D eigenvalue weighted by Gasteiger charge is 2.19. The fourth-order valence-electron chi connectivity index (χ4n) is 12.2. The zero-order valence-electron chi connectivity index (χ0n) is 96.9. The Labute approximate surface area is 854 Å². The van der Waals surface area contributed by atoms with Crippen LogP contribution in [0.4, 0.5) is 4.39 Å². The van der Waals surface area contributed by atoms with Gasteiger partial charge in [-0.25, -0.2) is 17.8 Å². The second-order valence-corrected chi connectivity index (χ2v) is 50.8. The Morgan fingerprint density at radius 3 is 1.19 bits per heavy atom. The highest BCUT2D eigenvalue weighted by atomic mass is 32.2. The first-order valence-electron chi connectivity index (χ1n) is 54.4. The monoisotopic (exact) mass is 1990 g/mol. The fraction of sp³-hybridized carbons (Fsp3) is 0.828. The van der Waals surface area contributed by atoms with Gasteiger partial charge >= 0.3 is 0 Å². The van der Waals surface area contributed by atoms with Crippen LogP contribution < -0.4 is 31.9 Å². The highest BCUT2D eigenvalue weighted by molar-refractivity contribution is 7.91. The van der Waals surface area contributed by atoms with E-state index in [4.69, 9.17) is 0 Å².